The van der Waals surface area contributed by atoms with Gasteiger partial charge in [-0.3, -0.25) is 0 Å². The summed E-state index contributed by atoms with van der Waals surface area (Å²) in [5.41, 5.74) is 0. The lowest BCUT2D eigenvalue weighted by Gasteiger charge is -2.34. The molecule has 2 rings (SSSR count). The summed E-state index contributed by atoms with van der Waals surface area (Å²) in [5, 5.41) is 3.62. The average molecular weight is 268 g/mol. The predicted octanol–water partition coefficient (Wildman–Crippen LogP) is 2.37. The zero-order chi connectivity index (χ0) is 13.7. The molecule has 0 aromatic rings. The Morgan fingerprint density at radius 1 is 1.16 bits per heavy atom. The minimum atomic E-state index is 0.749. The van der Waals surface area contributed by atoms with E-state index in [0.717, 1.165) is 43.6 Å². The van der Waals surface area contributed by atoms with E-state index in [-0.39, 0.29) is 0 Å². The van der Waals surface area contributed by atoms with Crippen LogP contribution in [-0.2, 0) is 4.74 Å². The Hall–Kier alpha value is -0.120. The van der Waals surface area contributed by atoms with Crippen LogP contribution in [0.15, 0.2) is 0 Å². The molecule has 0 radical (unpaired) electrons. The van der Waals surface area contributed by atoms with Crippen LogP contribution in [0.5, 0.6) is 0 Å². The van der Waals surface area contributed by atoms with E-state index in [1.165, 1.54) is 38.9 Å². The van der Waals surface area contributed by atoms with Gasteiger partial charge in [0.25, 0.3) is 0 Å². The first-order chi connectivity index (χ1) is 9.16. The van der Waals surface area contributed by atoms with E-state index >= 15 is 0 Å². The van der Waals surface area contributed by atoms with Crippen LogP contribution in [0.4, 0.5) is 0 Å². The lowest BCUT2D eigenvalue weighted by atomic mass is 9.92. The number of hydrogen-bond donors (Lipinski definition) is 1. The van der Waals surface area contributed by atoms with Gasteiger partial charge in [0.1, 0.15) is 0 Å². The third kappa shape index (κ3) is 4.73. The molecule has 1 N–H and O–H groups in total. The third-order valence-electron chi connectivity index (χ3n) is 4.83. The molecule has 112 valence electrons. The van der Waals surface area contributed by atoms with Crippen molar-refractivity contribution < 1.29 is 4.74 Å². The highest BCUT2D eigenvalue weighted by molar-refractivity contribution is 4.85. The maximum Gasteiger partial charge on any atom is 0.0469 e. The molecule has 0 aromatic heterocycles. The van der Waals surface area contributed by atoms with Crippen LogP contribution in [0.1, 0.15) is 40.0 Å². The lowest BCUT2D eigenvalue weighted by molar-refractivity contribution is 0.0348. The summed E-state index contributed by atoms with van der Waals surface area (Å²) in [5.74, 6) is 2.48. The molecule has 0 saturated carbocycles. The molecule has 0 aliphatic carbocycles. The van der Waals surface area contributed by atoms with Gasteiger partial charge in [0, 0.05) is 25.8 Å². The summed E-state index contributed by atoms with van der Waals surface area (Å²) in [6, 6.07) is 0.749. The molecular weight excluding hydrogens is 236 g/mol. The molecule has 2 saturated heterocycles. The van der Waals surface area contributed by atoms with Gasteiger partial charge in [-0.1, -0.05) is 13.8 Å². The van der Waals surface area contributed by atoms with Gasteiger partial charge in [-0.15, -0.1) is 0 Å². The molecule has 0 spiro atoms. The second kappa shape index (κ2) is 7.61. The summed E-state index contributed by atoms with van der Waals surface area (Å²) < 4.78 is 5.48. The molecule has 2 heterocycles. The molecule has 2 fully saturated rings. The van der Waals surface area contributed by atoms with E-state index in [9.17, 15) is 0 Å². The highest BCUT2D eigenvalue weighted by Gasteiger charge is 2.30. The van der Waals surface area contributed by atoms with Gasteiger partial charge in [-0.2, -0.15) is 0 Å². The second-order valence-electron chi connectivity index (χ2n) is 6.89. The Bertz CT molecular complexity index is 251. The molecule has 2 aliphatic heterocycles. The highest BCUT2D eigenvalue weighted by Crippen LogP contribution is 2.27. The molecule has 0 aromatic carbocycles. The number of ether oxygens (including phenoxy) is 1. The SMILES string of the molecule is CC(C)CNCC1CCN(C(C)C2CCOCC2)C1. The molecule has 2 atom stereocenters. The Kier molecular flexibility index (Phi) is 6.11. The van der Waals surface area contributed by atoms with Crippen molar-refractivity contribution in [3.05, 3.63) is 0 Å². The van der Waals surface area contributed by atoms with Crippen molar-refractivity contribution in [1.29, 1.82) is 0 Å². The minimum Gasteiger partial charge on any atom is -0.381 e. The van der Waals surface area contributed by atoms with Crippen molar-refractivity contribution in [2.75, 3.05) is 39.4 Å². The average Bonchev–Trinajstić information content (AvgIpc) is 2.87. The van der Waals surface area contributed by atoms with Crippen molar-refractivity contribution in [2.24, 2.45) is 17.8 Å². The molecule has 0 amide bonds. The van der Waals surface area contributed by atoms with Crippen molar-refractivity contribution in [3.8, 4) is 0 Å². The third-order valence-corrected chi connectivity index (χ3v) is 4.83. The van der Waals surface area contributed by atoms with Crippen LogP contribution < -0.4 is 5.32 Å². The quantitative estimate of drug-likeness (QED) is 0.800. The number of nitrogens with one attached hydrogen (secondary N) is 1. The van der Waals surface area contributed by atoms with E-state index in [0.29, 0.717) is 0 Å². The van der Waals surface area contributed by atoms with Crippen molar-refractivity contribution in [1.82, 2.24) is 10.2 Å². The summed E-state index contributed by atoms with van der Waals surface area (Å²) in [6.07, 6.45) is 3.89. The fraction of sp³-hybridized carbons (Fsp3) is 1.00. The van der Waals surface area contributed by atoms with Crippen molar-refractivity contribution in [2.45, 2.75) is 46.1 Å². The fourth-order valence-electron chi connectivity index (χ4n) is 3.47. The van der Waals surface area contributed by atoms with Crippen LogP contribution in [0, 0.1) is 17.8 Å². The second-order valence-corrected chi connectivity index (χ2v) is 6.89. The van der Waals surface area contributed by atoms with Crippen molar-refractivity contribution >= 4 is 0 Å². The molecule has 3 nitrogen and oxygen atoms in total. The first-order valence-electron chi connectivity index (χ1n) is 8.19. The van der Waals surface area contributed by atoms with Gasteiger partial charge >= 0.3 is 0 Å². The predicted molar refractivity (Wildman–Crippen MR) is 80.4 cm³/mol. The summed E-state index contributed by atoms with van der Waals surface area (Å²) in [7, 11) is 0. The minimum absolute atomic E-state index is 0.749. The van der Waals surface area contributed by atoms with Gasteiger partial charge in [0.15, 0.2) is 0 Å². The number of rotatable bonds is 6. The molecule has 19 heavy (non-hydrogen) atoms. The lowest BCUT2D eigenvalue weighted by Crippen LogP contribution is -2.40. The fourth-order valence-corrected chi connectivity index (χ4v) is 3.47. The maximum atomic E-state index is 5.48. The number of hydrogen-bond acceptors (Lipinski definition) is 3. The Balaban J connectivity index is 1.68. The Morgan fingerprint density at radius 2 is 1.89 bits per heavy atom. The van der Waals surface area contributed by atoms with Crippen molar-refractivity contribution in [3.63, 3.8) is 0 Å². The van der Waals surface area contributed by atoms with Gasteiger partial charge < -0.3 is 15.0 Å². The van der Waals surface area contributed by atoms with Crippen LogP contribution in [0.2, 0.25) is 0 Å². The van der Waals surface area contributed by atoms with Gasteiger partial charge in [-0.05, 0) is 63.6 Å². The van der Waals surface area contributed by atoms with E-state index in [2.05, 4.69) is 31.0 Å². The zero-order valence-corrected chi connectivity index (χ0v) is 13.0. The van der Waals surface area contributed by atoms with Crippen LogP contribution >= 0.6 is 0 Å². The van der Waals surface area contributed by atoms with Gasteiger partial charge in [0.2, 0.25) is 0 Å². The van der Waals surface area contributed by atoms with Gasteiger partial charge in [-0.25, -0.2) is 0 Å². The van der Waals surface area contributed by atoms with Crippen LogP contribution in [-0.4, -0.2) is 50.3 Å². The summed E-state index contributed by atoms with van der Waals surface area (Å²) >= 11 is 0. The molecule has 3 heteroatoms. The highest BCUT2D eigenvalue weighted by atomic mass is 16.5. The van der Waals surface area contributed by atoms with Gasteiger partial charge in [0.05, 0.1) is 0 Å². The standard InChI is InChI=1S/C16H32N2O/c1-13(2)10-17-11-15-4-7-18(12-15)14(3)16-5-8-19-9-6-16/h13-17H,4-12H2,1-3H3. The zero-order valence-electron chi connectivity index (χ0n) is 13.0. The molecule has 2 aliphatic rings. The van der Waals surface area contributed by atoms with E-state index < -0.39 is 0 Å². The molecule has 0 bridgehead atoms. The summed E-state index contributed by atoms with van der Waals surface area (Å²) in [6.45, 7) is 13.9. The van der Waals surface area contributed by atoms with E-state index in [4.69, 9.17) is 4.74 Å². The molecular formula is C16H32N2O. The normalized spacial score (nSPS) is 28.1. The topological polar surface area (TPSA) is 24.5 Å². The molecule has 2 unspecified atom stereocenters. The Morgan fingerprint density at radius 3 is 2.58 bits per heavy atom. The Labute approximate surface area is 119 Å². The van der Waals surface area contributed by atoms with E-state index in [1.54, 1.807) is 0 Å². The number of likely N-dealkylation sites (tertiary alicyclic amines) is 1. The summed E-state index contributed by atoms with van der Waals surface area (Å²) in [4.78, 5) is 2.72. The van der Waals surface area contributed by atoms with Crippen LogP contribution in [0.3, 0.4) is 0 Å². The maximum absolute atomic E-state index is 5.48. The first kappa shape index (κ1) is 15.3. The van der Waals surface area contributed by atoms with Crippen LogP contribution in [0.25, 0.3) is 0 Å². The largest absolute Gasteiger partial charge is 0.381 e. The van der Waals surface area contributed by atoms with E-state index in [1.807, 2.05) is 0 Å². The monoisotopic (exact) mass is 268 g/mol. The smallest absolute Gasteiger partial charge is 0.0469 e. The first-order valence-corrected chi connectivity index (χ1v) is 8.19. The number of nitrogens with zero attached hydrogens (tertiary/aromatic N) is 1.